The largest absolute Gasteiger partial charge is 0.321 e. The average molecular weight is 434 g/mol. The number of aromatic nitrogens is 6. The third kappa shape index (κ3) is 3.88. The predicted molar refractivity (Wildman–Crippen MR) is 120 cm³/mol. The Labute approximate surface area is 184 Å². The first kappa shape index (κ1) is 19.6. The van der Waals surface area contributed by atoms with Crippen molar-refractivity contribution in [2.24, 2.45) is 0 Å². The molecular formula is C22H23N7OS. The van der Waals surface area contributed by atoms with E-state index in [-0.39, 0.29) is 11.9 Å². The molecule has 4 aromatic rings. The summed E-state index contributed by atoms with van der Waals surface area (Å²) < 4.78 is 3.90. The van der Waals surface area contributed by atoms with E-state index in [9.17, 15) is 4.79 Å². The Balaban J connectivity index is 1.37. The molecule has 1 N–H and O–H groups in total. The fourth-order valence-corrected chi connectivity index (χ4v) is 4.34. The highest BCUT2D eigenvalue weighted by atomic mass is 32.1. The van der Waals surface area contributed by atoms with Gasteiger partial charge < -0.3 is 9.88 Å². The number of nitrogens with zero attached hydrogens (tertiary/aromatic N) is 6. The van der Waals surface area contributed by atoms with Crippen molar-refractivity contribution in [1.29, 1.82) is 0 Å². The second kappa shape index (κ2) is 7.73. The van der Waals surface area contributed by atoms with Crippen molar-refractivity contribution in [2.75, 3.05) is 5.32 Å². The molecule has 1 fully saturated rings. The molecule has 0 unspecified atom stereocenters. The summed E-state index contributed by atoms with van der Waals surface area (Å²) in [5.74, 6) is 1.12. The van der Waals surface area contributed by atoms with Gasteiger partial charge in [-0.1, -0.05) is 12.1 Å². The first-order chi connectivity index (χ1) is 15.0. The lowest BCUT2D eigenvalue weighted by Gasteiger charge is -2.11. The Bertz CT molecular complexity index is 1250. The van der Waals surface area contributed by atoms with Gasteiger partial charge in [-0.3, -0.25) is 9.36 Å². The van der Waals surface area contributed by atoms with Crippen LogP contribution in [0.4, 0.5) is 5.69 Å². The van der Waals surface area contributed by atoms with Gasteiger partial charge in [0.15, 0.2) is 11.0 Å². The fraction of sp³-hybridized carbons (Fsp3) is 0.318. The molecule has 5 rings (SSSR count). The molecule has 158 valence electrons. The van der Waals surface area contributed by atoms with Crippen LogP contribution in [0.25, 0.3) is 16.5 Å². The van der Waals surface area contributed by atoms with Crippen molar-refractivity contribution in [1.82, 2.24) is 29.3 Å². The van der Waals surface area contributed by atoms with Crippen LogP contribution in [0.15, 0.2) is 43.1 Å². The highest BCUT2D eigenvalue weighted by molar-refractivity contribution is 7.14. The molecule has 3 aromatic heterocycles. The summed E-state index contributed by atoms with van der Waals surface area (Å²) in [4.78, 5) is 22.9. The minimum atomic E-state index is -0.231. The van der Waals surface area contributed by atoms with Crippen LogP contribution in [0, 0.1) is 6.92 Å². The zero-order chi connectivity index (χ0) is 21.5. The van der Waals surface area contributed by atoms with Gasteiger partial charge in [0.1, 0.15) is 18.3 Å². The van der Waals surface area contributed by atoms with E-state index in [4.69, 9.17) is 0 Å². The number of aryl methyl sites for hydroxylation is 1. The van der Waals surface area contributed by atoms with Gasteiger partial charge in [-0.2, -0.15) is 0 Å². The van der Waals surface area contributed by atoms with Gasteiger partial charge in [0.2, 0.25) is 0 Å². The molecule has 0 saturated heterocycles. The van der Waals surface area contributed by atoms with Crippen molar-refractivity contribution >= 4 is 22.9 Å². The number of anilines is 1. The van der Waals surface area contributed by atoms with Crippen molar-refractivity contribution in [3.8, 4) is 16.5 Å². The standard InChI is InChI=1S/C22H23N7OS/c1-13(2)29-12-24-27-20(29)16-5-4-6-17(9-16)25-21(30)19-14(3)31-22(26-19)28-10-18(23-11-28)15-7-8-15/h4-6,9-13,15H,7-8H2,1-3H3,(H,25,30). The highest BCUT2D eigenvalue weighted by Gasteiger charge is 2.26. The lowest BCUT2D eigenvalue weighted by molar-refractivity contribution is 0.102. The average Bonchev–Trinajstić information content (AvgIpc) is 3.16. The Morgan fingerprint density at radius 1 is 1.26 bits per heavy atom. The van der Waals surface area contributed by atoms with E-state index in [0.717, 1.165) is 27.1 Å². The molecule has 0 aliphatic heterocycles. The van der Waals surface area contributed by atoms with E-state index in [1.54, 1.807) is 12.7 Å². The Hall–Kier alpha value is -3.33. The number of hydrogen-bond donors (Lipinski definition) is 1. The van der Waals surface area contributed by atoms with Crippen LogP contribution in [0.5, 0.6) is 0 Å². The Morgan fingerprint density at radius 2 is 2.10 bits per heavy atom. The van der Waals surface area contributed by atoms with E-state index < -0.39 is 0 Å². The molecule has 0 atom stereocenters. The van der Waals surface area contributed by atoms with Crippen molar-refractivity contribution in [3.05, 3.63) is 59.4 Å². The number of carbonyl (C=O) groups is 1. The fourth-order valence-electron chi connectivity index (χ4n) is 3.49. The van der Waals surface area contributed by atoms with Crippen LogP contribution in [0.2, 0.25) is 0 Å². The Kier molecular flexibility index (Phi) is 4.90. The molecule has 0 spiro atoms. The molecule has 1 aliphatic carbocycles. The zero-order valence-electron chi connectivity index (χ0n) is 17.6. The van der Waals surface area contributed by atoms with E-state index >= 15 is 0 Å². The maximum absolute atomic E-state index is 13.0. The molecule has 3 heterocycles. The molecule has 1 saturated carbocycles. The van der Waals surface area contributed by atoms with Gasteiger partial charge in [0.25, 0.3) is 5.91 Å². The summed E-state index contributed by atoms with van der Waals surface area (Å²) in [6, 6.07) is 7.86. The first-order valence-electron chi connectivity index (χ1n) is 10.3. The minimum Gasteiger partial charge on any atom is -0.321 e. The summed E-state index contributed by atoms with van der Waals surface area (Å²) in [5.41, 5.74) is 3.11. The van der Waals surface area contributed by atoms with Crippen LogP contribution >= 0.6 is 11.3 Å². The van der Waals surface area contributed by atoms with Gasteiger partial charge in [-0.25, -0.2) is 9.97 Å². The summed E-state index contributed by atoms with van der Waals surface area (Å²) in [7, 11) is 0. The number of thiazole rings is 1. The lowest BCUT2D eigenvalue weighted by Crippen LogP contribution is -2.14. The van der Waals surface area contributed by atoms with Gasteiger partial charge in [-0.15, -0.1) is 21.5 Å². The summed E-state index contributed by atoms with van der Waals surface area (Å²) in [5, 5.41) is 12.0. The van der Waals surface area contributed by atoms with Crippen molar-refractivity contribution in [2.45, 2.75) is 45.6 Å². The number of rotatable bonds is 6. The second-order valence-corrected chi connectivity index (χ2v) is 9.25. The molecule has 1 amide bonds. The predicted octanol–water partition coefficient (Wildman–Crippen LogP) is 4.61. The maximum Gasteiger partial charge on any atom is 0.275 e. The van der Waals surface area contributed by atoms with E-state index in [1.807, 2.05) is 46.5 Å². The molecule has 31 heavy (non-hydrogen) atoms. The van der Waals surface area contributed by atoms with Crippen LogP contribution in [0.1, 0.15) is 59.7 Å². The minimum absolute atomic E-state index is 0.231. The van der Waals surface area contributed by atoms with Crippen molar-refractivity contribution in [3.63, 3.8) is 0 Å². The summed E-state index contributed by atoms with van der Waals surface area (Å²) in [6.07, 6.45) is 7.92. The maximum atomic E-state index is 13.0. The molecule has 0 bridgehead atoms. The molecule has 8 nitrogen and oxygen atoms in total. The number of amides is 1. The third-order valence-electron chi connectivity index (χ3n) is 5.33. The van der Waals surface area contributed by atoms with E-state index in [2.05, 4.69) is 39.3 Å². The Morgan fingerprint density at radius 3 is 2.87 bits per heavy atom. The molecule has 9 heteroatoms. The van der Waals surface area contributed by atoms with Gasteiger partial charge in [-0.05, 0) is 45.7 Å². The van der Waals surface area contributed by atoms with Crippen LogP contribution in [-0.4, -0.2) is 35.2 Å². The van der Waals surface area contributed by atoms with Crippen LogP contribution in [0.3, 0.4) is 0 Å². The molecule has 1 aromatic carbocycles. The van der Waals surface area contributed by atoms with Crippen LogP contribution < -0.4 is 5.32 Å². The van der Waals surface area contributed by atoms with Gasteiger partial charge in [0.05, 0.1) is 5.69 Å². The number of imidazole rings is 1. The number of hydrogen-bond acceptors (Lipinski definition) is 6. The number of carbonyl (C=O) groups excluding carboxylic acids is 1. The summed E-state index contributed by atoms with van der Waals surface area (Å²) >= 11 is 1.49. The van der Waals surface area contributed by atoms with Gasteiger partial charge in [0, 0.05) is 34.3 Å². The highest BCUT2D eigenvalue weighted by Crippen LogP contribution is 2.39. The smallest absolute Gasteiger partial charge is 0.275 e. The molecule has 0 radical (unpaired) electrons. The SMILES string of the molecule is Cc1sc(-n2cnc(C3CC3)c2)nc1C(=O)Nc1cccc(-c2nncn2C(C)C)c1. The normalized spacial score (nSPS) is 13.7. The van der Waals surface area contributed by atoms with Gasteiger partial charge >= 0.3 is 0 Å². The third-order valence-corrected chi connectivity index (χ3v) is 6.31. The summed E-state index contributed by atoms with van der Waals surface area (Å²) in [6.45, 7) is 6.07. The quantitative estimate of drug-likeness (QED) is 0.480. The topological polar surface area (TPSA) is 90.5 Å². The second-order valence-electron chi connectivity index (χ2n) is 8.07. The molecular weight excluding hydrogens is 410 g/mol. The zero-order valence-corrected chi connectivity index (χ0v) is 18.4. The van der Waals surface area contributed by atoms with Crippen LogP contribution in [-0.2, 0) is 0 Å². The number of benzene rings is 1. The molecule has 1 aliphatic rings. The lowest BCUT2D eigenvalue weighted by atomic mass is 10.1. The van der Waals surface area contributed by atoms with E-state index in [0.29, 0.717) is 17.3 Å². The first-order valence-corrected chi connectivity index (χ1v) is 11.1. The monoisotopic (exact) mass is 433 g/mol. The van der Waals surface area contributed by atoms with Crippen molar-refractivity contribution < 1.29 is 4.79 Å². The van der Waals surface area contributed by atoms with E-state index in [1.165, 1.54) is 24.2 Å². The number of nitrogens with one attached hydrogen (secondary N) is 1.